The zero-order valence-corrected chi connectivity index (χ0v) is 18.6. The molecule has 158 valence electrons. The third-order valence-corrected chi connectivity index (χ3v) is 5.81. The van der Waals surface area contributed by atoms with E-state index >= 15 is 0 Å². The minimum Gasteiger partial charge on any atom is -0.508 e. The second kappa shape index (κ2) is 8.39. The van der Waals surface area contributed by atoms with Crippen molar-refractivity contribution in [2.45, 2.75) is 59.4 Å². The van der Waals surface area contributed by atoms with E-state index in [4.69, 9.17) is 5.73 Å². The van der Waals surface area contributed by atoms with Crippen LogP contribution < -0.4 is 5.73 Å². The van der Waals surface area contributed by atoms with Crippen LogP contribution in [-0.4, -0.2) is 15.6 Å². The molecule has 2 aromatic carbocycles. The van der Waals surface area contributed by atoms with E-state index in [0.29, 0.717) is 5.56 Å². The summed E-state index contributed by atoms with van der Waals surface area (Å²) in [6.07, 6.45) is 1.61. The number of benzene rings is 2. The van der Waals surface area contributed by atoms with Crippen LogP contribution in [0.3, 0.4) is 0 Å². The number of amides is 1. The van der Waals surface area contributed by atoms with Gasteiger partial charge in [0.2, 0.25) is 0 Å². The molecule has 0 spiro atoms. The van der Waals surface area contributed by atoms with E-state index in [1.807, 2.05) is 19.1 Å². The molecule has 0 atom stereocenters. The fraction of sp³-hybridized carbons (Fsp3) is 0.346. The molecule has 0 aliphatic rings. The van der Waals surface area contributed by atoms with Crippen LogP contribution in [0.5, 0.6) is 5.75 Å². The van der Waals surface area contributed by atoms with Gasteiger partial charge in [0.15, 0.2) is 0 Å². The highest BCUT2D eigenvalue weighted by molar-refractivity contribution is 6.02. The quantitative estimate of drug-likeness (QED) is 0.580. The molecular formula is C26H32N2O2. The molecule has 3 rings (SSSR count). The number of rotatable bonds is 6. The number of carbonyl (C=O) groups excluding carboxylic acids is 1. The summed E-state index contributed by atoms with van der Waals surface area (Å²) in [5.41, 5.74) is 12.9. The van der Waals surface area contributed by atoms with Crippen molar-refractivity contribution in [2.75, 3.05) is 0 Å². The number of hydrogen-bond acceptors (Lipinski definition) is 2. The Morgan fingerprint density at radius 3 is 2.13 bits per heavy atom. The summed E-state index contributed by atoms with van der Waals surface area (Å²) in [5, 5.41) is 9.51. The topological polar surface area (TPSA) is 68.2 Å². The van der Waals surface area contributed by atoms with Crippen LogP contribution in [-0.2, 0) is 24.8 Å². The Morgan fingerprint density at radius 1 is 1.03 bits per heavy atom. The number of hydrogen-bond donors (Lipinski definition) is 2. The minimum absolute atomic E-state index is 0.0740. The number of nitrogens with zero attached hydrogens (tertiary/aromatic N) is 1. The summed E-state index contributed by atoms with van der Waals surface area (Å²) in [6, 6.07) is 15.8. The van der Waals surface area contributed by atoms with E-state index in [2.05, 4.69) is 56.5 Å². The van der Waals surface area contributed by atoms with Crippen molar-refractivity contribution < 1.29 is 9.90 Å². The lowest BCUT2D eigenvalue weighted by Gasteiger charge is -2.19. The van der Waals surface area contributed by atoms with Gasteiger partial charge in [-0.05, 0) is 54.0 Å². The molecule has 0 bridgehead atoms. The number of nitrogens with two attached hydrogens (primary N) is 1. The highest BCUT2D eigenvalue weighted by Crippen LogP contribution is 2.35. The van der Waals surface area contributed by atoms with Gasteiger partial charge in [0.05, 0.1) is 5.56 Å². The van der Waals surface area contributed by atoms with Crippen LogP contribution in [0, 0.1) is 6.92 Å². The second-order valence-corrected chi connectivity index (χ2v) is 8.90. The first-order valence-electron chi connectivity index (χ1n) is 10.5. The average molecular weight is 405 g/mol. The van der Waals surface area contributed by atoms with Crippen LogP contribution in [0.2, 0.25) is 0 Å². The van der Waals surface area contributed by atoms with Crippen molar-refractivity contribution in [3.8, 4) is 16.9 Å². The first kappa shape index (κ1) is 21.7. The van der Waals surface area contributed by atoms with Gasteiger partial charge in [-0.3, -0.25) is 4.79 Å². The van der Waals surface area contributed by atoms with E-state index in [9.17, 15) is 9.90 Å². The third kappa shape index (κ3) is 4.28. The first-order valence-corrected chi connectivity index (χ1v) is 10.5. The SMILES string of the molecule is CCc1c(-c2ccc(C(C)(C)C)cc2)c(C(N)=O)c(C)n1CCc1ccc(O)cc1. The van der Waals surface area contributed by atoms with E-state index in [0.717, 1.165) is 47.5 Å². The van der Waals surface area contributed by atoms with Crippen LogP contribution in [0.25, 0.3) is 11.1 Å². The maximum absolute atomic E-state index is 12.4. The molecule has 30 heavy (non-hydrogen) atoms. The maximum atomic E-state index is 12.4. The molecule has 0 fully saturated rings. The summed E-state index contributed by atoms with van der Waals surface area (Å²) in [4.78, 5) is 12.4. The fourth-order valence-electron chi connectivity index (χ4n) is 4.12. The molecule has 1 aromatic heterocycles. The van der Waals surface area contributed by atoms with Gasteiger partial charge >= 0.3 is 0 Å². The van der Waals surface area contributed by atoms with Crippen molar-refractivity contribution in [3.05, 3.63) is 76.6 Å². The largest absolute Gasteiger partial charge is 0.508 e. The van der Waals surface area contributed by atoms with Gasteiger partial charge in [-0.1, -0.05) is 64.1 Å². The van der Waals surface area contributed by atoms with E-state index in [1.54, 1.807) is 12.1 Å². The average Bonchev–Trinajstić information content (AvgIpc) is 2.98. The van der Waals surface area contributed by atoms with Gasteiger partial charge in [0.1, 0.15) is 5.75 Å². The van der Waals surface area contributed by atoms with Crippen LogP contribution in [0.15, 0.2) is 48.5 Å². The van der Waals surface area contributed by atoms with Crippen LogP contribution in [0.1, 0.15) is 60.6 Å². The Balaban J connectivity index is 2.05. The van der Waals surface area contributed by atoms with Crippen molar-refractivity contribution in [3.63, 3.8) is 0 Å². The number of carbonyl (C=O) groups is 1. The van der Waals surface area contributed by atoms with Crippen LogP contribution >= 0.6 is 0 Å². The molecule has 3 aromatic rings. The Kier molecular flexibility index (Phi) is 6.06. The summed E-state index contributed by atoms with van der Waals surface area (Å²) < 4.78 is 2.22. The smallest absolute Gasteiger partial charge is 0.251 e. The Bertz CT molecular complexity index is 1040. The van der Waals surface area contributed by atoms with Crippen LogP contribution in [0.4, 0.5) is 0 Å². The molecule has 4 heteroatoms. The monoisotopic (exact) mass is 404 g/mol. The third-order valence-electron chi connectivity index (χ3n) is 5.81. The zero-order valence-electron chi connectivity index (χ0n) is 18.6. The highest BCUT2D eigenvalue weighted by atomic mass is 16.3. The molecule has 0 saturated heterocycles. The standard InChI is InChI=1S/C26H32N2O2/c1-6-22-24(19-9-11-20(12-10-19)26(3,4)5)23(25(27)30)17(2)28(22)16-15-18-7-13-21(29)14-8-18/h7-14,29H,6,15-16H2,1-5H3,(H2,27,30). The van der Waals surface area contributed by atoms with Gasteiger partial charge in [-0.2, -0.15) is 0 Å². The molecule has 1 heterocycles. The summed E-state index contributed by atoms with van der Waals surface area (Å²) in [7, 11) is 0. The van der Waals surface area contributed by atoms with Gasteiger partial charge in [-0.15, -0.1) is 0 Å². The number of aromatic nitrogens is 1. The lowest BCUT2D eigenvalue weighted by molar-refractivity contribution is 0.1000. The summed E-state index contributed by atoms with van der Waals surface area (Å²) >= 11 is 0. The van der Waals surface area contributed by atoms with Crippen molar-refractivity contribution in [2.24, 2.45) is 5.73 Å². The zero-order chi connectivity index (χ0) is 22.1. The minimum atomic E-state index is -0.388. The highest BCUT2D eigenvalue weighted by Gasteiger charge is 2.24. The normalized spacial score (nSPS) is 11.6. The second-order valence-electron chi connectivity index (χ2n) is 8.90. The summed E-state index contributed by atoms with van der Waals surface area (Å²) in [5.74, 6) is -0.123. The number of primary amides is 1. The molecular weight excluding hydrogens is 372 g/mol. The number of phenolic OH excluding ortho intramolecular Hbond substituents is 1. The fourth-order valence-corrected chi connectivity index (χ4v) is 4.12. The van der Waals surface area contributed by atoms with Gasteiger partial charge < -0.3 is 15.4 Å². The first-order chi connectivity index (χ1) is 14.1. The molecule has 0 aliphatic carbocycles. The molecule has 3 N–H and O–H groups in total. The predicted molar refractivity (Wildman–Crippen MR) is 123 cm³/mol. The predicted octanol–water partition coefficient (Wildman–Crippen LogP) is 5.37. The number of aromatic hydroxyl groups is 1. The Labute approximate surface area is 179 Å². The molecule has 0 unspecified atom stereocenters. The number of aryl methyl sites for hydroxylation is 1. The number of phenols is 1. The molecule has 0 saturated carbocycles. The molecule has 0 aliphatic heterocycles. The maximum Gasteiger partial charge on any atom is 0.251 e. The molecule has 1 amide bonds. The van der Waals surface area contributed by atoms with Gasteiger partial charge in [0.25, 0.3) is 5.91 Å². The lowest BCUT2D eigenvalue weighted by Crippen LogP contribution is -2.14. The Morgan fingerprint density at radius 2 is 1.63 bits per heavy atom. The van der Waals surface area contributed by atoms with Crippen molar-refractivity contribution in [1.82, 2.24) is 4.57 Å². The van der Waals surface area contributed by atoms with Crippen molar-refractivity contribution in [1.29, 1.82) is 0 Å². The van der Waals surface area contributed by atoms with E-state index in [1.165, 1.54) is 5.56 Å². The van der Waals surface area contributed by atoms with E-state index < -0.39 is 0 Å². The molecule has 0 radical (unpaired) electrons. The van der Waals surface area contributed by atoms with Gasteiger partial charge in [-0.25, -0.2) is 0 Å². The summed E-state index contributed by atoms with van der Waals surface area (Å²) in [6.45, 7) is 11.4. The van der Waals surface area contributed by atoms with Gasteiger partial charge in [0, 0.05) is 23.5 Å². The Hall–Kier alpha value is -3.01. The molecule has 4 nitrogen and oxygen atoms in total. The lowest BCUT2D eigenvalue weighted by atomic mass is 9.86. The van der Waals surface area contributed by atoms with Crippen molar-refractivity contribution >= 4 is 5.91 Å². The van der Waals surface area contributed by atoms with E-state index in [-0.39, 0.29) is 17.1 Å².